The Morgan fingerprint density at radius 3 is 2.79 bits per heavy atom. The summed E-state index contributed by atoms with van der Waals surface area (Å²) in [4.78, 5) is 26.6. The fraction of sp³-hybridized carbons (Fsp3) is 0.524. The molecule has 2 saturated heterocycles. The molecule has 0 spiro atoms. The van der Waals surface area contributed by atoms with E-state index in [9.17, 15) is 18.0 Å². The molecule has 3 heterocycles. The van der Waals surface area contributed by atoms with E-state index in [0.29, 0.717) is 37.4 Å². The number of ether oxygens (including phenoxy) is 1. The number of piperidine rings is 1. The Kier molecular flexibility index (Phi) is 7.22. The van der Waals surface area contributed by atoms with Crippen molar-refractivity contribution in [2.75, 3.05) is 25.6 Å². The van der Waals surface area contributed by atoms with Gasteiger partial charge in [0.1, 0.15) is 11.7 Å². The monoisotopic (exact) mass is 510 g/mol. The Morgan fingerprint density at radius 2 is 2.15 bits per heavy atom. The first-order valence-corrected chi connectivity index (χ1v) is 12.8. The Hall–Kier alpha value is -2.54. The maximum absolute atomic E-state index is 13.9. The molecule has 0 saturated carbocycles. The maximum Gasteiger partial charge on any atom is 0.244 e. The number of aromatic amines is 1. The van der Waals surface area contributed by atoms with Crippen molar-refractivity contribution in [2.24, 2.45) is 5.92 Å². The lowest BCUT2D eigenvalue weighted by atomic mass is 9.91. The first kappa shape index (κ1) is 24.6. The van der Waals surface area contributed by atoms with Crippen LogP contribution in [-0.2, 0) is 30.9 Å². The number of H-pyrrole nitrogens is 1. The summed E-state index contributed by atoms with van der Waals surface area (Å²) < 4.78 is 34.6. The molecule has 2 fully saturated rings. The van der Waals surface area contributed by atoms with E-state index in [4.69, 9.17) is 16.3 Å². The summed E-state index contributed by atoms with van der Waals surface area (Å²) >= 11 is 6.27. The Bertz CT molecular complexity index is 1160. The molecule has 184 valence electrons. The van der Waals surface area contributed by atoms with E-state index in [1.807, 2.05) is 0 Å². The zero-order chi connectivity index (χ0) is 24.5. The van der Waals surface area contributed by atoms with Crippen molar-refractivity contribution >= 4 is 39.1 Å². The predicted molar refractivity (Wildman–Crippen MR) is 123 cm³/mol. The molecule has 0 aliphatic carbocycles. The Labute approximate surface area is 202 Å². The number of halogens is 1. The standard InChI is InChI=1S/C21H27ClN6O5S/c1-13(29)24-18-7-6-16(8-17(18)22)34(31,32)28-19-4-3-5-20(28)21(30)27(10-14(19)12-33-2)11-15-9-23-26-25-15/h6-9,14,19-20H,3-5,10-12H2,1-2H3,(H,24,29)(H,23,25,26)/t14-,19-,20+/m1/s1. The SMILES string of the molecule is COC[C@H]1CN(Cc2cn[nH]n2)C(=O)[C@@H]2CCC[C@H]1N2S(=O)(=O)c1ccc(NC(C)=O)c(Cl)c1. The van der Waals surface area contributed by atoms with Crippen molar-refractivity contribution in [3.8, 4) is 0 Å². The van der Waals surface area contributed by atoms with Crippen molar-refractivity contribution in [2.45, 2.75) is 49.7 Å². The third kappa shape index (κ3) is 4.81. The zero-order valence-corrected chi connectivity index (χ0v) is 20.5. The van der Waals surface area contributed by atoms with Crippen LogP contribution < -0.4 is 5.32 Å². The molecule has 3 atom stereocenters. The second-order valence-electron chi connectivity index (χ2n) is 8.57. The number of fused-ring (bicyclic) bond motifs is 2. The molecular weight excluding hydrogens is 484 g/mol. The Morgan fingerprint density at radius 1 is 1.35 bits per heavy atom. The lowest BCUT2D eigenvalue weighted by Gasteiger charge is -2.40. The highest BCUT2D eigenvalue weighted by Crippen LogP contribution is 2.38. The molecule has 0 unspecified atom stereocenters. The molecule has 34 heavy (non-hydrogen) atoms. The lowest BCUT2D eigenvalue weighted by molar-refractivity contribution is -0.135. The summed E-state index contributed by atoms with van der Waals surface area (Å²) in [5.74, 6) is -0.814. The van der Waals surface area contributed by atoms with Crippen LogP contribution in [0.5, 0.6) is 0 Å². The van der Waals surface area contributed by atoms with Gasteiger partial charge in [0.25, 0.3) is 0 Å². The number of carbonyl (C=O) groups is 2. The molecule has 2 bridgehead atoms. The number of nitrogens with one attached hydrogen (secondary N) is 2. The molecule has 1 aromatic heterocycles. The van der Waals surface area contributed by atoms with E-state index in [2.05, 4.69) is 20.7 Å². The van der Waals surface area contributed by atoms with Crippen molar-refractivity contribution in [3.63, 3.8) is 0 Å². The van der Waals surface area contributed by atoms with Gasteiger partial charge in [-0.15, -0.1) is 0 Å². The van der Waals surface area contributed by atoms with Crippen molar-refractivity contribution in [1.82, 2.24) is 24.6 Å². The van der Waals surface area contributed by atoms with Gasteiger partial charge >= 0.3 is 0 Å². The maximum atomic E-state index is 13.9. The van der Waals surface area contributed by atoms with Crippen LogP contribution in [0.15, 0.2) is 29.3 Å². The minimum atomic E-state index is -4.08. The number of hydrogen-bond donors (Lipinski definition) is 2. The van der Waals surface area contributed by atoms with Gasteiger partial charge in [-0.05, 0) is 37.5 Å². The van der Waals surface area contributed by atoms with E-state index >= 15 is 0 Å². The van der Waals surface area contributed by atoms with Crippen LogP contribution in [0.2, 0.25) is 5.02 Å². The van der Waals surface area contributed by atoms with Crippen LogP contribution in [0.25, 0.3) is 0 Å². The van der Waals surface area contributed by atoms with Gasteiger partial charge < -0.3 is 15.0 Å². The first-order chi connectivity index (χ1) is 16.2. The summed E-state index contributed by atoms with van der Waals surface area (Å²) in [5.41, 5.74) is 0.909. The zero-order valence-electron chi connectivity index (χ0n) is 18.9. The molecule has 4 rings (SSSR count). The number of nitrogens with zero attached hydrogens (tertiary/aromatic N) is 4. The van der Waals surface area contributed by atoms with Crippen molar-refractivity contribution in [1.29, 1.82) is 0 Å². The van der Waals surface area contributed by atoms with Crippen molar-refractivity contribution in [3.05, 3.63) is 35.1 Å². The molecule has 1 aromatic carbocycles. The molecule has 2 aromatic rings. The number of rotatable bonds is 7. The van der Waals surface area contributed by atoms with Crippen LogP contribution >= 0.6 is 11.6 Å². The van der Waals surface area contributed by atoms with Gasteiger partial charge in [0.05, 0.1) is 35.0 Å². The van der Waals surface area contributed by atoms with Gasteiger partial charge in [0, 0.05) is 32.5 Å². The normalized spacial score (nSPS) is 23.6. The number of carbonyl (C=O) groups excluding carboxylic acids is 2. The second-order valence-corrected chi connectivity index (χ2v) is 10.8. The van der Waals surface area contributed by atoms with E-state index in [1.165, 1.54) is 29.4 Å². The quantitative estimate of drug-likeness (QED) is 0.577. The highest BCUT2D eigenvalue weighted by Gasteiger charge is 2.50. The fourth-order valence-electron chi connectivity index (χ4n) is 4.82. The number of methoxy groups -OCH3 is 1. The van der Waals surface area contributed by atoms with Gasteiger partial charge in [-0.3, -0.25) is 9.59 Å². The molecule has 0 radical (unpaired) electrons. The van der Waals surface area contributed by atoms with Crippen LogP contribution in [0, 0.1) is 5.92 Å². The molecule has 13 heteroatoms. The third-order valence-corrected chi connectivity index (χ3v) is 8.48. The predicted octanol–water partition coefficient (Wildman–Crippen LogP) is 1.63. The summed E-state index contributed by atoms with van der Waals surface area (Å²) in [5, 5.41) is 13.1. The summed E-state index contributed by atoms with van der Waals surface area (Å²) in [6, 6.07) is 2.91. The lowest BCUT2D eigenvalue weighted by Crippen LogP contribution is -2.55. The Balaban J connectivity index is 1.73. The van der Waals surface area contributed by atoms with E-state index in [1.54, 1.807) is 18.2 Å². The minimum Gasteiger partial charge on any atom is -0.384 e. The summed E-state index contributed by atoms with van der Waals surface area (Å²) in [7, 11) is -2.52. The molecule has 11 nitrogen and oxygen atoms in total. The minimum absolute atomic E-state index is 0.0302. The van der Waals surface area contributed by atoms with Gasteiger partial charge in [0.2, 0.25) is 21.8 Å². The summed E-state index contributed by atoms with van der Waals surface area (Å²) in [6.07, 6.45) is 3.31. The van der Waals surface area contributed by atoms with Crippen LogP contribution in [-0.4, -0.2) is 77.2 Å². The second kappa shape index (κ2) is 9.98. The van der Waals surface area contributed by atoms with Crippen molar-refractivity contribution < 1.29 is 22.7 Å². The number of hydrogen-bond acceptors (Lipinski definition) is 7. The number of aromatic nitrogens is 3. The van der Waals surface area contributed by atoms with Gasteiger partial charge in [-0.25, -0.2) is 8.42 Å². The van der Waals surface area contributed by atoms with Crippen LogP contribution in [0.4, 0.5) is 5.69 Å². The highest BCUT2D eigenvalue weighted by molar-refractivity contribution is 7.89. The molecule has 2 amide bonds. The molecular formula is C21H27ClN6O5S. The van der Waals surface area contributed by atoms with E-state index in [0.717, 1.165) is 6.42 Å². The first-order valence-electron chi connectivity index (χ1n) is 11.0. The number of amides is 2. The number of anilines is 1. The smallest absolute Gasteiger partial charge is 0.244 e. The molecule has 2 aliphatic rings. The summed E-state index contributed by atoms with van der Waals surface area (Å²) in [6.45, 7) is 2.21. The number of sulfonamides is 1. The average Bonchev–Trinajstić information content (AvgIpc) is 3.29. The topological polar surface area (TPSA) is 138 Å². The third-order valence-electron chi connectivity index (χ3n) is 6.23. The van der Waals surface area contributed by atoms with Gasteiger partial charge in [-0.2, -0.15) is 19.7 Å². The van der Waals surface area contributed by atoms with E-state index in [-0.39, 0.29) is 34.2 Å². The van der Waals surface area contributed by atoms with Crippen LogP contribution in [0.3, 0.4) is 0 Å². The number of benzene rings is 1. The fourth-order valence-corrected chi connectivity index (χ4v) is 7.03. The average molecular weight is 511 g/mol. The largest absolute Gasteiger partial charge is 0.384 e. The van der Waals surface area contributed by atoms with Crippen LogP contribution in [0.1, 0.15) is 31.9 Å². The van der Waals surface area contributed by atoms with Gasteiger partial charge in [0.15, 0.2) is 0 Å². The molecule has 2 N–H and O–H groups in total. The van der Waals surface area contributed by atoms with Gasteiger partial charge in [-0.1, -0.05) is 11.6 Å². The highest BCUT2D eigenvalue weighted by atomic mass is 35.5. The molecule has 2 aliphatic heterocycles. The van der Waals surface area contributed by atoms with E-state index < -0.39 is 22.1 Å².